The zero-order chi connectivity index (χ0) is 23.4. The molecule has 0 aromatic carbocycles. The average molecular weight is 459 g/mol. The third kappa shape index (κ3) is 3.61. The van der Waals surface area contributed by atoms with Crippen LogP contribution in [0, 0.1) is 19.8 Å². The number of aromatic nitrogens is 5. The van der Waals surface area contributed by atoms with E-state index in [-0.39, 0.29) is 12.2 Å². The van der Waals surface area contributed by atoms with Gasteiger partial charge in [-0.15, -0.1) is 0 Å². The third-order valence-electron chi connectivity index (χ3n) is 7.76. The first-order chi connectivity index (χ1) is 16.5. The lowest BCUT2D eigenvalue weighted by atomic mass is 9.76. The van der Waals surface area contributed by atoms with E-state index in [0.29, 0.717) is 34.9 Å². The Balaban J connectivity index is 1.30. The Morgan fingerprint density at radius 3 is 2.79 bits per heavy atom. The van der Waals surface area contributed by atoms with Crippen LogP contribution in [0.25, 0.3) is 22.6 Å². The first kappa shape index (κ1) is 21.4. The monoisotopic (exact) mass is 458 g/mol. The van der Waals surface area contributed by atoms with E-state index in [1.807, 2.05) is 38.4 Å². The maximum absolute atomic E-state index is 13.1. The van der Waals surface area contributed by atoms with Gasteiger partial charge in [0.05, 0.1) is 35.4 Å². The molecule has 1 saturated carbocycles. The van der Waals surface area contributed by atoms with Gasteiger partial charge in [0, 0.05) is 24.8 Å². The van der Waals surface area contributed by atoms with Crippen LogP contribution in [0.3, 0.4) is 0 Å². The molecule has 0 bridgehead atoms. The molecule has 1 aliphatic carbocycles. The molecule has 4 aromatic heterocycles. The van der Waals surface area contributed by atoms with Gasteiger partial charge in [-0.1, -0.05) is 6.07 Å². The summed E-state index contributed by atoms with van der Waals surface area (Å²) in [4.78, 5) is 24.8. The number of hydrogen-bond donors (Lipinski definition) is 1. The minimum absolute atomic E-state index is 0.0893. The zero-order valence-corrected chi connectivity index (χ0v) is 19.7. The Kier molecular flexibility index (Phi) is 5.22. The molecule has 176 valence electrons. The van der Waals surface area contributed by atoms with Gasteiger partial charge in [0.2, 0.25) is 0 Å². The highest BCUT2D eigenvalue weighted by atomic mass is 16.3. The summed E-state index contributed by atoms with van der Waals surface area (Å²) in [6, 6.07) is 8.22. The van der Waals surface area contributed by atoms with E-state index < -0.39 is 0 Å². The molecule has 0 spiro atoms. The molecule has 8 nitrogen and oxygen atoms in total. The van der Waals surface area contributed by atoms with Crippen LogP contribution < -0.4 is 5.56 Å². The second kappa shape index (κ2) is 8.29. The van der Waals surface area contributed by atoms with Crippen molar-refractivity contribution in [1.82, 2.24) is 28.9 Å². The molecule has 0 amide bonds. The summed E-state index contributed by atoms with van der Waals surface area (Å²) in [5.74, 6) is 1.14. The van der Waals surface area contributed by atoms with Crippen LogP contribution in [-0.4, -0.2) is 59.7 Å². The van der Waals surface area contributed by atoms with Crippen molar-refractivity contribution in [2.75, 3.05) is 19.7 Å². The summed E-state index contributed by atoms with van der Waals surface area (Å²) in [5.41, 5.74) is 5.72. The molecule has 34 heavy (non-hydrogen) atoms. The largest absolute Gasteiger partial charge is 0.395 e. The number of β-amino-alcohol motifs (C(OH)–C–C–N with tert-alkyl or cyclic N) is 1. The number of aliphatic hydroxyl groups is 1. The first-order valence-corrected chi connectivity index (χ1v) is 12.2. The van der Waals surface area contributed by atoms with Gasteiger partial charge in [-0.3, -0.25) is 19.1 Å². The van der Waals surface area contributed by atoms with E-state index in [9.17, 15) is 9.90 Å². The first-order valence-electron chi connectivity index (χ1n) is 12.2. The summed E-state index contributed by atoms with van der Waals surface area (Å²) in [6.07, 6.45) is 8.48. The standard InChI is InChI=1S/C26H30N6O2/c1-16-14-32-24(17(2)27-16)12-22(29-32)21-13-26(34)31-15-20(4-6-25(31)28-21)18-3-5-23-19(11-18)7-8-30(23)9-10-33/h4,6,12-15,18-19,23,33H,3,5,7-11H2,1-2H3. The number of aliphatic hydroxyl groups excluding tert-OH is 1. The van der Waals surface area contributed by atoms with Gasteiger partial charge in [0.25, 0.3) is 5.56 Å². The van der Waals surface area contributed by atoms with Crippen molar-refractivity contribution < 1.29 is 5.11 Å². The lowest BCUT2D eigenvalue weighted by Crippen LogP contribution is -2.37. The maximum atomic E-state index is 13.1. The zero-order valence-electron chi connectivity index (χ0n) is 19.7. The normalized spacial score (nSPS) is 23.1. The fourth-order valence-electron chi connectivity index (χ4n) is 6.15. The van der Waals surface area contributed by atoms with Crippen LogP contribution in [-0.2, 0) is 0 Å². The quantitative estimate of drug-likeness (QED) is 0.506. The number of likely N-dealkylation sites (tertiary alicyclic amines) is 1. The van der Waals surface area contributed by atoms with Crippen molar-refractivity contribution in [3.63, 3.8) is 0 Å². The number of nitrogens with zero attached hydrogens (tertiary/aromatic N) is 6. The van der Waals surface area contributed by atoms with Gasteiger partial charge >= 0.3 is 0 Å². The highest BCUT2D eigenvalue weighted by molar-refractivity contribution is 5.66. The summed E-state index contributed by atoms with van der Waals surface area (Å²) < 4.78 is 3.48. The maximum Gasteiger partial charge on any atom is 0.258 e. The summed E-state index contributed by atoms with van der Waals surface area (Å²) in [6.45, 7) is 6.01. The van der Waals surface area contributed by atoms with Crippen LogP contribution in [0.4, 0.5) is 0 Å². The predicted molar refractivity (Wildman–Crippen MR) is 130 cm³/mol. The third-order valence-corrected chi connectivity index (χ3v) is 7.76. The minimum atomic E-state index is -0.0893. The number of pyridine rings is 1. The van der Waals surface area contributed by atoms with Crippen LogP contribution in [0.15, 0.2) is 41.5 Å². The molecular formula is C26H30N6O2. The Morgan fingerprint density at radius 1 is 1.06 bits per heavy atom. The molecule has 3 unspecified atom stereocenters. The van der Waals surface area contributed by atoms with Crippen LogP contribution in [0.2, 0.25) is 0 Å². The lowest BCUT2D eigenvalue weighted by Gasteiger charge is -2.35. The van der Waals surface area contributed by atoms with E-state index in [2.05, 4.69) is 21.0 Å². The van der Waals surface area contributed by atoms with Gasteiger partial charge in [0.1, 0.15) is 11.3 Å². The molecule has 3 atom stereocenters. The fourth-order valence-corrected chi connectivity index (χ4v) is 6.15. The van der Waals surface area contributed by atoms with Crippen molar-refractivity contribution in [2.24, 2.45) is 5.92 Å². The molecule has 4 aromatic rings. The number of rotatable bonds is 4. The molecule has 5 heterocycles. The summed E-state index contributed by atoms with van der Waals surface area (Å²) in [5, 5.41) is 14.0. The molecule has 6 rings (SSSR count). The SMILES string of the molecule is Cc1cn2nc(-c3cc(=O)n4cc(C5CCC6C(CCN6CCO)C5)ccc4n3)cc2c(C)n1. The molecule has 2 fully saturated rings. The molecule has 8 heteroatoms. The van der Waals surface area contributed by atoms with E-state index in [1.165, 1.54) is 12.0 Å². The minimum Gasteiger partial charge on any atom is -0.395 e. The van der Waals surface area contributed by atoms with Gasteiger partial charge in [-0.05, 0) is 75.6 Å². The highest BCUT2D eigenvalue weighted by Gasteiger charge is 2.38. The van der Waals surface area contributed by atoms with Crippen molar-refractivity contribution in [1.29, 1.82) is 0 Å². The second-order valence-corrected chi connectivity index (χ2v) is 9.88. The number of aryl methyl sites for hydroxylation is 2. The number of hydrogen-bond acceptors (Lipinski definition) is 6. The van der Waals surface area contributed by atoms with Gasteiger partial charge in [0.15, 0.2) is 0 Å². The molecule has 0 radical (unpaired) electrons. The average Bonchev–Trinajstić information content (AvgIpc) is 3.43. The topological polar surface area (TPSA) is 88.0 Å². The van der Waals surface area contributed by atoms with Crippen molar-refractivity contribution in [3.8, 4) is 11.4 Å². The van der Waals surface area contributed by atoms with Crippen molar-refractivity contribution in [3.05, 3.63) is 64.0 Å². The fraction of sp³-hybridized carbons (Fsp3) is 0.462. The van der Waals surface area contributed by atoms with Crippen LogP contribution in [0.5, 0.6) is 0 Å². The van der Waals surface area contributed by atoms with E-state index in [4.69, 9.17) is 4.98 Å². The van der Waals surface area contributed by atoms with E-state index in [1.54, 1.807) is 15.0 Å². The number of fused-ring (bicyclic) bond motifs is 3. The van der Waals surface area contributed by atoms with Crippen LogP contribution >= 0.6 is 0 Å². The molecule has 1 N–H and O–H groups in total. The van der Waals surface area contributed by atoms with Crippen molar-refractivity contribution >= 4 is 11.2 Å². The summed E-state index contributed by atoms with van der Waals surface area (Å²) >= 11 is 0. The molecule has 1 aliphatic heterocycles. The Morgan fingerprint density at radius 2 is 1.94 bits per heavy atom. The van der Waals surface area contributed by atoms with Gasteiger partial charge in [-0.25, -0.2) is 9.50 Å². The van der Waals surface area contributed by atoms with E-state index in [0.717, 1.165) is 49.3 Å². The van der Waals surface area contributed by atoms with Crippen LogP contribution in [0.1, 0.15) is 48.6 Å². The Hall–Kier alpha value is -3.10. The van der Waals surface area contributed by atoms with Crippen molar-refractivity contribution in [2.45, 2.75) is 51.5 Å². The van der Waals surface area contributed by atoms with Gasteiger partial charge < -0.3 is 5.11 Å². The predicted octanol–water partition coefficient (Wildman–Crippen LogP) is 2.97. The molecular weight excluding hydrogens is 428 g/mol. The molecule has 1 saturated heterocycles. The lowest BCUT2D eigenvalue weighted by molar-refractivity contribution is 0.141. The smallest absolute Gasteiger partial charge is 0.258 e. The Labute approximate surface area is 197 Å². The van der Waals surface area contributed by atoms with E-state index >= 15 is 0 Å². The van der Waals surface area contributed by atoms with Gasteiger partial charge in [-0.2, -0.15) is 5.10 Å². The second-order valence-electron chi connectivity index (χ2n) is 9.88. The summed E-state index contributed by atoms with van der Waals surface area (Å²) in [7, 11) is 0. The highest BCUT2D eigenvalue weighted by Crippen LogP contribution is 2.42. The molecule has 2 aliphatic rings. The Bertz CT molecular complexity index is 1440.